The summed E-state index contributed by atoms with van der Waals surface area (Å²) in [5.74, 6) is 0.187. The number of esters is 1. The topological polar surface area (TPSA) is 58.6 Å². The van der Waals surface area contributed by atoms with Gasteiger partial charge in [-0.3, -0.25) is 9.69 Å². The minimum atomic E-state index is -0.377. The lowest BCUT2D eigenvalue weighted by Crippen LogP contribution is -2.33. The van der Waals surface area contributed by atoms with Crippen molar-refractivity contribution >= 4 is 17.6 Å². The van der Waals surface area contributed by atoms with Crippen LogP contribution < -0.4 is 5.32 Å². The fourth-order valence-electron chi connectivity index (χ4n) is 3.85. The van der Waals surface area contributed by atoms with E-state index in [1.165, 1.54) is 18.4 Å². The van der Waals surface area contributed by atoms with Crippen molar-refractivity contribution in [3.8, 4) is 0 Å². The number of rotatable bonds is 6. The highest BCUT2D eigenvalue weighted by Crippen LogP contribution is 2.21. The lowest BCUT2D eigenvalue weighted by molar-refractivity contribution is 0.0525. The van der Waals surface area contributed by atoms with Crippen LogP contribution in [-0.2, 0) is 11.3 Å². The quantitative estimate of drug-likeness (QED) is 0.724. The molecular formula is C24H30N2O3. The second-order valence-electron chi connectivity index (χ2n) is 7.83. The summed E-state index contributed by atoms with van der Waals surface area (Å²) in [4.78, 5) is 27.2. The lowest BCUT2D eigenvalue weighted by atomic mass is 9.99. The number of amides is 1. The Balaban J connectivity index is 1.65. The average molecular weight is 395 g/mol. The number of likely N-dealkylation sites (tertiary alicyclic amines) is 1. The Bertz CT molecular complexity index is 861. The Hall–Kier alpha value is -2.66. The molecule has 2 aromatic rings. The van der Waals surface area contributed by atoms with E-state index in [9.17, 15) is 9.59 Å². The summed E-state index contributed by atoms with van der Waals surface area (Å²) >= 11 is 0. The zero-order chi connectivity index (χ0) is 20.8. The van der Waals surface area contributed by atoms with Crippen LogP contribution in [0.1, 0.15) is 58.5 Å². The molecule has 1 aliphatic rings. The van der Waals surface area contributed by atoms with E-state index in [2.05, 4.69) is 17.1 Å². The molecule has 0 saturated carbocycles. The molecule has 2 aromatic carbocycles. The lowest BCUT2D eigenvalue weighted by Gasteiger charge is -2.30. The maximum Gasteiger partial charge on any atom is 0.338 e. The molecule has 1 aliphatic heterocycles. The molecule has 1 fully saturated rings. The van der Waals surface area contributed by atoms with Gasteiger partial charge in [-0.15, -0.1) is 0 Å². The van der Waals surface area contributed by atoms with Gasteiger partial charge in [0.2, 0.25) is 0 Å². The summed E-state index contributed by atoms with van der Waals surface area (Å²) in [6.45, 7) is 9.41. The van der Waals surface area contributed by atoms with E-state index in [0.29, 0.717) is 29.0 Å². The predicted molar refractivity (Wildman–Crippen MR) is 115 cm³/mol. The van der Waals surface area contributed by atoms with Gasteiger partial charge < -0.3 is 10.1 Å². The molecule has 29 heavy (non-hydrogen) atoms. The first-order valence-corrected chi connectivity index (χ1v) is 10.4. The first kappa shape index (κ1) is 21.1. The van der Waals surface area contributed by atoms with Gasteiger partial charge in [-0.2, -0.15) is 0 Å². The van der Waals surface area contributed by atoms with E-state index < -0.39 is 0 Å². The van der Waals surface area contributed by atoms with E-state index in [0.717, 1.165) is 25.6 Å². The molecule has 5 heteroatoms. The van der Waals surface area contributed by atoms with E-state index in [4.69, 9.17) is 4.74 Å². The van der Waals surface area contributed by atoms with Crippen molar-refractivity contribution in [2.24, 2.45) is 5.92 Å². The number of hydrogen-bond donors (Lipinski definition) is 1. The number of carbonyl (C=O) groups excluding carboxylic acids is 2. The standard InChI is InChI=1S/C24H30N2O3/c1-4-29-24(28)21-8-5-9-22(18(21)3)25-23(27)20-12-10-19(11-13-20)16-26-14-6-7-17(2)15-26/h5,8-13,17H,4,6-7,14-16H2,1-3H3,(H,25,27). The molecule has 1 N–H and O–H groups in total. The van der Waals surface area contributed by atoms with Crippen molar-refractivity contribution in [1.82, 2.24) is 4.90 Å². The van der Waals surface area contributed by atoms with Crippen LogP contribution >= 0.6 is 0 Å². The van der Waals surface area contributed by atoms with Crippen LogP contribution in [0.2, 0.25) is 0 Å². The van der Waals surface area contributed by atoms with Gasteiger partial charge in [0, 0.05) is 24.3 Å². The number of anilines is 1. The van der Waals surface area contributed by atoms with Crippen molar-refractivity contribution in [3.63, 3.8) is 0 Å². The number of benzene rings is 2. The molecule has 0 radical (unpaired) electrons. The minimum absolute atomic E-state index is 0.188. The average Bonchev–Trinajstić information content (AvgIpc) is 2.70. The Morgan fingerprint density at radius 2 is 1.93 bits per heavy atom. The van der Waals surface area contributed by atoms with E-state index in [1.54, 1.807) is 25.1 Å². The number of hydrogen-bond acceptors (Lipinski definition) is 4. The summed E-state index contributed by atoms with van der Waals surface area (Å²) in [5.41, 5.74) is 3.61. The predicted octanol–water partition coefficient (Wildman–Crippen LogP) is 4.66. The first-order chi connectivity index (χ1) is 14.0. The number of ether oxygens (including phenoxy) is 1. The first-order valence-electron chi connectivity index (χ1n) is 10.4. The molecule has 1 unspecified atom stereocenters. The second kappa shape index (κ2) is 9.70. The van der Waals surface area contributed by atoms with Gasteiger partial charge in [0.25, 0.3) is 5.91 Å². The third-order valence-corrected chi connectivity index (χ3v) is 5.44. The SMILES string of the molecule is CCOC(=O)c1cccc(NC(=O)c2ccc(CN3CCCC(C)C3)cc2)c1C. The Morgan fingerprint density at radius 3 is 2.62 bits per heavy atom. The van der Waals surface area contributed by atoms with Gasteiger partial charge in [0.05, 0.1) is 12.2 Å². The van der Waals surface area contributed by atoms with Crippen LogP contribution in [0, 0.1) is 12.8 Å². The third kappa shape index (κ3) is 5.45. The third-order valence-electron chi connectivity index (χ3n) is 5.44. The zero-order valence-corrected chi connectivity index (χ0v) is 17.5. The Morgan fingerprint density at radius 1 is 1.17 bits per heavy atom. The minimum Gasteiger partial charge on any atom is -0.462 e. The van der Waals surface area contributed by atoms with E-state index in [-0.39, 0.29) is 11.9 Å². The molecule has 1 heterocycles. The van der Waals surface area contributed by atoms with Gasteiger partial charge >= 0.3 is 5.97 Å². The Labute approximate surface area is 173 Å². The summed E-state index contributed by atoms with van der Waals surface area (Å²) in [6, 6.07) is 13.0. The van der Waals surface area contributed by atoms with Crippen LogP contribution in [0.5, 0.6) is 0 Å². The molecule has 154 valence electrons. The van der Waals surface area contributed by atoms with Gasteiger partial charge in [-0.1, -0.05) is 25.1 Å². The molecule has 1 atom stereocenters. The molecule has 0 aliphatic carbocycles. The Kier molecular flexibility index (Phi) is 7.04. The molecule has 1 amide bonds. The van der Waals surface area contributed by atoms with E-state index in [1.807, 2.05) is 31.2 Å². The monoisotopic (exact) mass is 394 g/mol. The summed E-state index contributed by atoms with van der Waals surface area (Å²) in [5, 5.41) is 2.91. The van der Waals surface area contributed by atoms with Crippen molar-refractivity contribution in [1.29, 1.82) is 0 Å². The van der Waals surface area contributed by atoms with E-state index >= 15 is 0 Å². The van der Waals surface area contributed by atoms with Crippen LogP contribution in [0.3, 0.4) is 0 Å². The number of nitrogens with one attached hydrogen (secondary N) is 1. The smallest absolute Gasteiger partial charge is 0.338 e. The maximum atomic E-state index is 12.7. The van der Waals surface area contributed by atoms with Crippen LogP contribution in [0.4, 0.5) is 5.69 Å². The number of carbonyl (C=O) groups is 2. The summed E-state index contributed by atoms with van der Waals surface area (Å²) < 4.78 is 5.08. The molecular weight excluding hydrogens is 364 g/mol. The van der Waals surface area contributed by atoms with Gasteiger partial charge in [0.1, 0.15) is 0 Å². The molecule has 0 bridgehead atoms. The van der Waals surface area contributed by atoms with Crippen molar-refractivity contribution in [2.75, 3.05) is 25.0 Å². The zero-order valence-electron chi connectivity index (χ0n) is 17.5. The summed E-state index contributed by atoms with van der Waals surface area (Å²) in [6.07, 6.45) is 2.57. The fraction of sp³-hybridized carbons (Fsp3) is 0.417. The molecule has 3 rings (SSSR count). The van der Waals surface area contributed by atoms with Crippen molar-refractivity contribution < 1.29 is 14.3 Å². The van der Waals surface area contributed by atoms with Crippen LogP contribution in [0.15, 0.2) is 42.5 Å². The normalized spacial score (nSPS) is 17.0. The highest BCUT2D eigenvalue weighted by molar-refractivity contribution is 6.05. The van der Waals surface area contributed by atoms with Crippen LogP contribution in [0.25, 0.3) is 0 Å². The molecule has 0 aromatic heterocycles. The van der Waals surface area contributed by atoms with Crippen LogP contribution in [-0.4, -0.2) is 36.5 Å². The second-order valence-corrected chi connectivity index (χ2v) is 7.83. The largest absolute Gasteiger partial charge is 0.462 e. The highest BCUT2D eigenvalue weighted by Gasteiger charge is 2.17. The van der Waals surface area contributed by atoms with Gasteiger partial charge in [-0.05, 0) is 74.5 Å². The highest BCUT2D eigenvalue weighted by atomic mass is 16.5. The molecule has 5 nitrogen and oxygen atoms in total. The summed E-state index contributed by atoms with van der Waals surface area (Å²) in [7, 11) is 0. The number of piperidine rings is 1. The molecule has 0 spiro atoms. The van der Waals surface area contributed by atoms with Crippen molar-refractivity contribution in [3.05, 3.63) is 64.7 Å². The maximum absolute atomic E-state index is 12.7. The number of nitrogens with zero attached hydrogens (tertiary/aromatic N) is 1. The van der Waals surface area contributed by atoms with Crippen molar-refractivity contribution in [2.45, 2.75) is 40.2 Å². The molecule has 1 saturated heterocycles. The van der Waals surface area contributed by atoms with Gasteiger partial charge in [0.15, 0.2) is 0 Å². The van der Waals surface area contributed by atoms with Gasteiger partial charge in [-0.25, -0.2) is 4.79 Å². The fourth-order valence-corrected chi connectivity index (χ4v) is 3.85.